The van der Waals surface area contributed by atoms with Crippen LogP contribution in [-0.4, -0.2) is 25.0 Å². The van der Waals surface area contributed by atoms with E-state index in [4.69, 9.17) is 4.74 Å². The number of hydrogen-bond acceptors (Lipinski definition) is 3. The molecule has 2 amide bonds. The Bertz CT molecular complexity index is 892. The summed E-state index contributed by atoms with van der Waals surface area (Å²) in [7, 11) is 1.62. The van der Waals surface area contributed by atoms with Crippen LogP contribution in [0.15, 0.2) is 48.5 Å². The van der Waals surface area contributed by atoms with Crippen molar-refractivity contribution in [2.24, 2.45) is 11.8 Å². The zero-order valence-electron chi connectivity index (χ0n) is 18.5. The first-order valence-corrected chi connectivity index (χ1v) is 10.7. The Morgan fingerprint density at radius 3 is 2.40 bits per heavy atom. The molecule has 2 aromatic rings. The summed E-state index contributed by atoms with van der Waals surface area (Å²) < 4.78 is 5.61. The highest BCUT2D eigenvalue weighted by atomic mass is 16.5. The van der Waals surface area contributed by atoms with E-state index >= 15 is 0 Å². The first-order valence-electron chi connectivity index (χ1n) is 10.7. The van der Waals surface area contributed by atoms with Gasteiger partial charge in [-0.3, -0.25) is 9.59 Å². The van der Waals surface area contributed by atoms with Crippen LogP contribution in [0.4, 0.5) is 5.69 Å². The summed E-state index contributed by atoms with van der Waals surface area (Å²) in [6, 6.07) is 15.2. The van der Waals surface area contributed by atoms with E-state index in [0.29, 0.717) is 24.5 Å². The first kappa shape index (κ1) is 21.9. The summed E-state index contributed by atoms with van der Waals surface area (Å²) in [5, 5.41) is 3.16. The lowest BCUT2D eigenvalue weighted by Gasteiger charge is -2.41. The summed E-state index contributed by atoms with van der Waals surface area (Å²) in [6.45, 7) is 8.22. The van der Waals surface area contributed by atoms with Gasteiger partial charge in [-0.15, -0.1) is 0 Å². The van der Waals surface area contributed by atoms with Crippen LogP contribution in [0, 0.1) is 18.8 Å². The summed E-state index contributed by atoms with van der Waals surface area (Å²) in [5.74, 6) is 0.662. The Hall–Kier alpha value is -2.82. The van der Waals surface area contributed by atoms with Crippen LogP contribution in [0.2, 0.25) is 0 Å². The number of nitrogens with zero attached hydrogens (tertiary/aromatic N) is 1. The van der Waals surface area contributed by atoms with Gasteiger partial charge in [0.1, 0.15) is 5.75 Å². The highest BCUT2D eigenvalue weighted by Gasteiger charge is 2.42. The Morgan fingerprint density at radius 1 is 1.10 bits per heavy atom. The van der Waals surface area contributed by atoms with E-state index in [9.17, 15) is 9.59 Å². The van der Waals surface area contributed by atoms with Crippen molar-refractivity contribution in [2.75, 3.05) is 12.0 Å². The number of aryl methyl sites for hydroxylation is 1. The molecule has 0 radical (unpaired) electrons. The average Bonchev–Trinajstić information content (AvgIpc) is 2.74. The number of para-hydroxylation sites is 1. The summed E-state index contributed by atoms with van der Waals surface area (Å²) in [5.41, 5.74) is 2.78. The van der Waals surface area contributed by atoms with Crippen LogP contribution in [-0.2, 0) is 9.59 Å². The van der Waals surface area contributed by atoms with Gasteiger partial charge in [-0.05, 0) is 44.4 Å². The van der Waals surface area contributed by atoms with Crippen molar-refractivity contribution in [1.82, 2.24) is 5.32 Å². The molecule has 1 aliphatic heterocycles. The number of amides is 2. The van der Waals surface area contributed by atoms with Gasteiger partial charge in [0.2, 0.25) is 11.8 Å². The van der Waals surface area contributed by atoms with Gasteiger partial charge in [-0.2, -0.15) is 0 Å². The van der Waals surface area contributed by atoms with Gasteiger partial charge in [0.15, 0.2) is 0 Å². The van der Waals surface area contributed by atoms with Crippen LogP contribution in [0.1, 0.15) is 50.8 Å². The molecule has 5 nitrogen and oxygen atoms in total. The number of anilines is 1. The molecular weight excluding hydrogens is 376 g/mol. The second-order valence-electron chi connectivity index (χ2n) is 8.47. The van der Waals surface area contributed by atoms with Crippen LogP contribution in [0.25, 0.3) is 0 Å². The van der Waals surface area contributed by atoms with Crippen molar-refractivity contribution < 1.29 is 14.3 Å². The number of methoxy groups -OCH3 is 1. The van der Waals surface area contributed by atoms with Crippen molar-refractivity contribution in [3.63, 3.8) is 0 Å². The number of benzene rings is 2. The van der Waals surface area contributed by atoms with E-state index in [-0.39, 0.29) is 23.8 Å². The third kappa shape index (κ3) is 4.50. The number of hydrogen-bond donors (Lipinski definition) is 1. The van der Waals surface area contributed by atoms with Crippen LogP contribution in [0.3, 0.4) is 0 Å². The van der Waals surface area contributed by atoms with E-state index in [1.165, 1.54) is 0 Å². The zero-order chi connectivity index (χ0) is 21.8. The first-order chi connectivity index (χ1) is 14.3. The lowest BCUT2D eigenvalue weighted by atomic mass is 9.82. The van der Waals surface area contributed by atoms with Gasteiger partial charge >= 0.3 is 0 Å². The molecule has 30 heavy (non-hydrogen) atoms. The maximum absolute atomic E-state index is 13.3. The minimum absolute atomic E-state index is 0.0169. The summed E-state index contributed by atoms with van der Waals surface area (Å²) in [4.78, 5) is 28.2. The number of ether oxygens (including phenoxy) is 1. The fourth-order valence-corrected chi connectivity index (χ4v) is 3.94. The number of carbonyl (C=O) groups is 2. The van der Waals surface area contributed by atoms with Gasteiger partial charge in [0, 0.05) is 23.7 Å². The molecule has 1 saturated heterocycles. The molecule has 1 N–H and O–H groups in total. The average molecular weight is 409 g/mol. The lowest BCUT2D eigenvalue weighted by Crippen LogP contribution is -2.50. The largest absolute Gasteiger partial charge is 0.496 e. The molecule has 0 aliphatic carbocycles. The van der Waals surface area contributed by atoms with E-state index < -0.39 is 6.04 Å². The number of piperidine rings is 1. The monoisotopic (exact) mass is 408 g/mol. The van der Waals surface area contributed by atoms with E-state index in [0.717, 1.165) is 16.8 Å². The highest BCUT2D eigenvalue weighted by Crippen LogP contribution is 2.43. The molecule has 1 fully saturated rings. The van der Waals surface area contributed by atoms with E-state index in [1.54, 1.807) is 12.0 Å². The van der Waals surface area contributed by atoms with Crippen molar-refractivity contribution in [1.29, 1.82) is 0 Å². The van der Waals surface area contributed by atoms with Gasteiger partial charge in [-0.1, -0.05) is 49.7 Å². The zero-order valence-corrected chi connectivity index (χ0v) is 18.5. The molecule has 3 rings (SSSR count). The second-order valence-corrected chi connectivity index (χ2v) is 8.47. The second kappa shape index (κ2) is 9.33. The predicted octanol–water partition coefficient (Wildman–Crippen LogP) is 4.65. The molecule has 0 saturated carbocycles. The van der Waals surface area contributed by atoms with E-state index in [1.807, 2.05) is 62.4 Å². The molecule has 3 unspecified atom stereocenters. The summed E-state index contributed by atoms with van der Waals surface area (Å²) >= 11 is 0. The fraction of sp³-hybridized carbons (Fsp3) is 0.440. The third-order valence-electron chi connectivity index (χ3n) is 6.07. The molecule has 1 aliphatic rings. The van der Waals surface area contributed by atoms with Crippen LogP contribution >= 0.6 is 0 Å². The molecule has 2 aromatic carbocycles. The smallest absolute Gasteiger partial charge is 0.227 e. The van der Waals surface area contributed by atoms with Gasteiger partial charge in [-0.25, -0.2) is 0 Å². The van der Waals surface area contributed by atoms with Gasteiger partial charge in [0.05, 0.1) is 19.1 Å². The molecule has 0 bridgehead atoms. The Labute approximate surface area is 179 Å². The SMILES string of the molecule is COc1ccccc1C1C(C(=O)NC(C)C(C)C)CCC(=O)N1c1ccc(C)cc1. The molecule has 160 valence electrons. The lowest BCUT2D eigenvalue weighted by molar-refractivity contribution is -0.130. The number of nitrogens with one attached hydrogen (secondary N) is 1. The third-order valence-corrected chi connectivity index (χ3v) is 6.07. The molecule has 5 heteroatoms. The van der Waals surface area contributed by atoms with Crippen molar-refractivity contribution >= 4 is 17.5 Å². The molecule has 0 aromatic heterocycles. The van der Waals surface area contributed by atoms with Gasteiger partial charge < -0.3 is 15.0 Å². The quantitative estimate of drug-likeness (QED) is 0.757. The van der Waals surface area contributed by atoms with Crippen molar-refractivity contribution in [3.8, 4) is 5.75 Å². The topological polar surface area (TPSA) is 58.6 Å². The van der Waals surface area contributed by atoms with Crippen LogP contribution in [0.5, 0.6) is 5.75 Å². The standard InChI is InChI=1S/C25H32N2O3/c1-16(2)18(4)26-25(29)21-14-15-23(28)27(19-12-10-17(3)11-13-19)24(21)20-8-6-7-9-22(20)30-5/h6-13,16,18,21,24H,14-15H2,1-5H3,(H,26,29). The normalized spacial score (nSPS) is 20.2. The predicted molar refractivity (Wildman–Crippen MR) is 120 cm³/mol. The maximum Gasteiger partial charge on any atom is 0.227 e. The Kier molecular flexibility index (Phi) is 6.80. The van der Waals surface area contributed by atoms with Crippen molar-refractivity contribution in [3.05, 3.63) is 59.7 Å². The van der Waals surface area contributed by atoms with Crippen molar-refractivity contribution in [2.45, 2.75) is 52.6 Å². The Morgan fingerprint density at radius 2 is 1.77 bits per heavy atom. The fourth-order valence-electron chi connectivity index (χ4n) is 3.94. The van der Waals surface area contributed by atoms with E-state index in [2.05, 4.69) is 19.2 Å². The van der Waals surface area contributed by atoms with Gasteiger partial charge in [0.25, 0.3) is 0 Å². The highest BCUT2D eigenvalue weighted by molar-refractivity contribution is 5.97. The maximum atomic E-state index is 13.3. The number of rotatable bonds is 6. The number of carbonyl (C=O) groups excluding carboxylic acids is 2. The minimum Gasteiger partial charge on any atom is -0.496 e. The summed E-state index contributed by atoms with van der Waals surface area (Å²) in [6.07, 6.45) is 0.855. The molecule has 0 spiro atoms. The molecule has 3 atom stereocenters. The van der Waals surface area contributed by atoms with Crippen LogP contribution < -0.4 is 15.0 Å². The molecule has 1 heterocycles. The minimum atomic E-state index is -0.426. The molecular formula is C25H32N2O3. The Balaban J connectivity index is 2.08.